The fraction of sp³-hybridized carbons (Fsp3) is 0.421. The van der Waals surface area contributed by atoms with Gasteiger partial charge in [-0.2, -0.15) is 5.10 Å². The van der Waals surface area contributed by atoms with Crippen LogP contribution in [0.4, 0.5) is 0 Å². The van der Waals surface area contributed by atoms with Gasteiger partial charge in [0.15, 0.2) is 5.69 Å². The smallest absolute Gasteiger partial charge is 0.274 e. The van der Waals surface area contributed by atoms with Gasteiger partial charge in [-0.25, -0.2) is 4.68 Å². The highest BCUT2D eigenvalue weighted by Crippen LogP contribution is 2.14. The first-order chi connectivity index (χ1) is 12.1. The van der Waals surface area contributed by atoms with E-state index in [1.807, 2.05) is 26.0 Å². The van der Waals surface area contributed by atoms with Crippen molar-refractivity contribution in [1.82, 2.24) is 20.4 Å². The summed E-state index contributed by atoms with van der Waals surface area (Å²) >= 11 is 0. The SMILES string of the molecule is CC(C)Cn1nc(C(=O)NCC2=CCNCC2)c2ccccc2c1=O.Cl. The lowest BCUT2D eigenvalue weighted by molar-refractivity contribution is 0.0951. The van der Waals surface area contributed by atoms with E-state index in [9.17, 15) is 9.59 Å². The number of rotatable bonds is 5. The molecule has 0 spiro atoms. The molecule has 2 N–H and O–H groups in total. The van der Waals surface area contributed by atoms with E-state index in [2.05, 4.69) is 21.8 Å². The molecule has 0 bridgehead atoms. The molecule has 0 saturated carbocycles. The third-order valence-corrected chi connectivity index (χ3v) is 4.25. The van der Waals surface area contributed by atoms with Gasteiger partial charge in [0, 0.05) is 25.0 Å². The molecule has 1 aliphatic heterocycles. The third-order valence-electron chi connectivity index (χ3n) is 4.25. The molecule has 2 heterocycles. The second kappa shape index (κ2) is 8.96. The van der Waals surface area contributed by atoms with Gasteiger partial charge in [0.1, 0.15) is 0 Å². The number of carbonyl (C=O) groups excluding carboxylic acids is 1. The molecule has 0 saturated heterocycles. The van der Waals surface area contributed by atoms with E-state index in [4.69, 9.17) is 0 Å². The van der Waals surface area contributed by atoms with Gasteiger partial charge in [-0.1, -0.05) is 43.7 Å². The largest absolute Gasteiger partial charge is 0.347 e. The lowest BCUT2D eigenvalue weighted by atomic mass is 10.1. The highest BCUT2D eigenvalue weighted by Gasteiger charge is 2.17. The predicted molar refractivity (Wildman–Crippen MR) is 106 cm³/mol. The Labute approximate surface area is 159 Å². The van der Waals surface area contributed by atoms with Crippen molar-refractivity contribution >= 4 is 29.1 Å². The van der Waals surface area contributed by atoms with Crippen molar-refractivity contribution in [2.45, 2.75) is 26.8 Å². The maximum absolute atomic E-state index is 12.7. The number of nitrogens with one attached hydrogen (secondary N) is 2. The van der Waals surface area contributed by atoms with Crippen LogP contribution in [0.15, 0.2) is 40.7 Å². The lowest BCUT2D eigenvalue weighted by Gasteiger charge is -2.15. The van der Waals surface area contributed by atoms with Gasteiger partial charge in [0.25, 0.3) is 11.5 Å². The molecule has 7 heteroatoms. The molecule has 26 heavy (non-hydrogen) atoms. The molecule has 3 rings (SSSR count). The molecule has 6 nitrogen and oxygen atoms in total. The molecule has 1 aliphatic rings. The molecule has 2 aromatic rings. The zero-order valence-corrected chi connectivity index (χ0v) is 15.9. The Bertz CT molecular complexity index is 873. The monoisotopic (exact) mass is 376 g/mol. The fourth-order valence-electron chi connectivity index (χ4n) is 2.98. The first kappa shape index (κ1) is 20.1. The van der Waals surface area contributed by atoms with Crippen LogP contribution in [0.3, 0.4) is 0 Å². The standard InChI is InChI=1S/C19H24N4O2.ClH/c1-13(2)12-23-19(25)16-6-4-3-5-15(16)17(22-23)18(24)21-11-14-7-9-20-10-8-14;/h3-7,13,20H,8-12H2,1-2H3,(H,21,24);1H. The van der Waals surface area contributed by atoms with Crippen LogP contribution in [-0.2, 0) is 6.54 Å². The Morgan fingerprint density at radius 1 is 1.31 bits per heavy atom. The summed E-state index contributed by atoms with van der Waals surface area (Å²) in [7, 11) is 0. The van der Waals surface area contributed by atoms with E-state index in [1.165, 1.54) is 10.3 Å². The highest BCUT2D eigenvalue weighted by atomic mass is 35.5. The van der Waals surface area contributed by atoms with Crippen molar-refractivity contribution in [3.63, 3.8) is 0 Å². The Kier molecular flexibility index (Phi) is 6.94. The fourth-order valence-corrected chi connectivity index (χ4v) is 2.98. The number of hydrogen-bond acceptors (Lipinski definition) is 4. The van der Waals surface area contributed by atoms with E-state index in [0.717, 1.165) is 19.5 Å². The van der Waals surface area contributed by atoms with Gasteiger partial charge in [-0.05, 0) is 24.9 Å². The Morgan fingerprint density at radius 2 is 2.04 bits per heavy atom. The van der Waals surface area contributed by atoms with Gasteiger partial charge in [0.2, 0.25) is 0 Å². The van der Waals surface area contributed by atoms with Crippen LogP contribution in [0.2, 0.25) is 0 Å². The van der Waals surface area contributed by atoms with Crippen LogP contribution in [0.25, 0.3) is 10.8 Å². The van der Waals surface area contributed by atoms with E-state index in [-0.39, 0.29) is 29.8 Å². The zero-order valence-electron chi connectivity index (χ0n) is 15.1. The van der Waals surface area contributed by atoms with Gasteiger partial charge in [0.05, 0.1) is 5.39 Å². The average Bonchev–Trinajstić information content (AvgIpc) is 2.62. The topological polar surface area (TPSA) is 76.0 Å². The molecule has 0 fully saturated rings. The van der Waals surface area contributed by atoms with E-state index < -0.39 is 0 Å². The van der Waals surface area contributed by atoms with E-state index in [0.29, 0.717) is 29.6 Å². The van der Waals surface area contributed by atoms with Crippen LogP contribution in [-0.4, -0.2) is 35.3 Å². The molecular formula is C19H25ClN4O2. The quantitative estimate of drug-likeness (QED) is 0.784. The summed E-state index contributed by atoms with van der Waals surface area (Å²) in [6, 6.07) is 7.16. The highest BCUT2D eigenvalue weighted by molar-refractivity contribution is 6.04. The van der Waals surface area contributed by atoms with Crippen LogP contribution in [0.1, 0.15) is 30.8 Å². The van der Waals surface area contributed by atoms with Crippen molar-refractivity contribution in [3.05, 3.63) is 52.0 Å². The van der Waals surface area contributed by atoms with Gasteiger partial charge >= 0.3 is 0 Å². The lowest BCUT2D eigenvalue weighted by Crippen LogP contribution is -2.33. The molecule has 0 aliphatic carbocycles. The average molecular weight is 377 g/mol. The number of benzene rings is 1. The number of halogens is 1. The van der Waals surface area contributed by atoms with Gasteiger partial charge in [-0.15, -0.1) is 12.4 Å². The molecule has 1 aromatic carbocycles. The molecule has 1 amide bonds. The first-order valence-corrected chi connectivity index (χ1v) is 8.73. The normalized spacial score (nSPS) is 14.0. The molecule has 0 unspecified atom stereocenters. The van der Waals surface area contributed by atoms with Crippen LogP contribution < -0.4 is 16.2 Å². The summed E-state index contributed by atoms with van der Waals surface area (Å²) in [4.78, 5) is 25.3. The summed E-state index contributed by atoms with van der Waals surface area (Å²) in [5.74, 6) is 0.0234. The molecule has 0 atom stereocenters. The Hall–Kier alpha value is -2.18. The third kappa shape index (κ3) is 4.51. The summed E-state index contributed by atoms with van der Waals surface area (Å²) in [5.41, 5.74) is 1.37. The van der Waals surface area contributed by atoms with E-state index in [1.54, 1.807) is 12.1 Å². The minimum Gasteiger partial charge on any atom is -0.347 e. The van der Waals surface area contributed by atoms with Crippen molar-refractivity contribution in [2.75, 3.05) is 19.6 Å². The number of fused-ring (bicyclic) bond motifs is 1. The number of carbonyl (C=O) groups is 1. The molecule has 0 radical (unpaired) electrons. The minimum atomic E-state index is -0.242. The second-order valence-corrected chi connectivity index (χ2v) is 6.77. The van der Waals surface area contributed by atoms with Crippen LogP contribution in [0, 0.1) is 5.92 Å². The van der Waals surface area contributed by atoms with E-state index >= 15 is 0 Å². The van der Waals surface area contributed by atoms with Crippen molar-refractivity contribution in [3.8, 4) is 0 Å². The van der Waals surface area contributed by atoms with Gasteiger partial charge < -0.3 is 10.6 Å². The summed E-state index contributed by atoms with van der Waals surface area (Å²) in [6.07, 6.45) is 3.04. The second-order valence-electron chi connectivity index (χ2n) is 6.77. The number of hydrogen-bond donors (Lipinski definition) is 2. The first-order valence-electron chi connectivity index (χ1n) is 8.73. The number of nitrogens with zero attached hydrogens (tertiary/aromatic N) is 2. The predicted octanol–water partition coefficient (Wildman–Crippen LogP) is 2.12. The van der Waals surface area contributed by atoms with Crippen LogP contribution >= 0.6 is 12.4 Å². The number of aromatic nitrogens is 2. The van der Waals surface area contributed by atoms with Gasteiger partial charge in [-0.3, -0.25) is 9.59 Å². The molecule has 1 aromatic heterocycles. The van der Waals surface area contributed by atoms with Crippen molar-refractivity contribution in [2.24, 2.45) is 5.92 Å². The summed E-state index contributed by atoms with van der Waals surface area (Å²) in [6.45, 7) is 6.81. The summed E-state index contributed by atoms with van der Waals surface area (Å²) < 4.78 is 1.41. The Balaban J connectivity index is 0.00000243. The number of amides is 1. The molecule has 140 valence electrons. The maximum Gasteiger partial charge on any atom is 0.274 e. The van der Waals surface area contributed by atoms with Crippen LogP contribution in [0.5, 0.6) is 0 Å². The van der Waals surface area contributed by atoms with Crippen molar-refractivity contribution < 1.29 is 4.79 Å². The Morgan fingerprint density at radius 3 is 2.69 bits per heavy atom. The molecular weight excluding hydrogens is 352 g/mol. The summed E-state index contributed by atoms with van der Waals surface area (Å²) in [5, 5.41) is 11.7. The zero-order chi connectivity index (χ0) is 17.8. The van der Waals surface area contributed by atoms with Crippen molar-refractivity contribution in [1.29, 1.82) is 0 Å². The minimum absolute atomic E-state index is 0. The maximum atomic E-state index is 12.7.